The number of halogens is 2. The van der Waals surface area contributed by atoms with Gasteiger partial charge < -0.3 is 19.7 Å². The van der Waals surface area contributed by atoms with Crippen molar-refractivity contribution in [3.8, 4) is 11.5 Å². The number of anilines is 1. The summed E-state index contributed by atoms with van der Waals surface area (Å²) in [5.74, 6) is -0.387. The third kappa shape index (κ3) is 4.05. The Hall–Kier alpha value is -2.80. The van der Waals surface area contributed by atoms with E-state index in [0.29, 0.717) is 30.4 Å². The molecule has 1 aliphatic rings. The van der Waals surface area contributed by atoms with E-state index in [-0.39, 0.29) is 17.1 Å². The largest absolute Gasteiger partial charge is 0.486 e. The van der Waals surface area contributed by atoms with Crippen LogP contribution in [0.15, 0.2) is 36.4 Å². The third-order valence-electron chi connectivity index (χ3n) is 3.70. The summed E-state index contributed by atoms with van der Waals surface area (Å²) in [5, 5.41) is 2.87. The Labute approximate surface area is 154 Å². The van der Waals surface area contributed by atoms with Crippen molar-refractivity contribution in [2.24, 2.45) is 0 Å². The van der Waals surface area contributed by atoms with E-state index in [1.165, 1.54) is 48.3 Å². The fourth-order valence-corrected chi connectivity index (χ4v) is 2.74. The summed E-state index contributed by atoms with van der Waals surface area (Å²) in [7, 11) is 1.50. The molecule has 0 bridgehead atoms. The van der Waals surface area contributed by atoms with Crippen LogP contribution in [0.3, 0.4) is 0 Å². The van der Waals surface area contributed by atoms with Gasteiger partial charge in [0.2, 0.25) is 5.91 Å². The normalized spacial score (nSPS) is 12.4. The van der Waals surface area contributed by atoms with E-state index in [1.54, 1.807) is 0 Å². The van der Waals surface area contributed by atoms with Crippen molar-refractivity contribution in [1.82, 2.24) is 4.90 Å². The van der Waals surface area contributed by atoms with Gasteiger partial charge in [-0.2, -0.15) is 0 Å². The minimum absolute atomic E-state index is 0.178. The molecule has 1 heterocycles. The number of benzene rings is 2. The number of amides is 2. The van der Waals surface area contributed by atoms with E-state index < -0.39 is 17.6 Å². The van der Waals surface area contributed by atoms with Crippen molar-refractivity contribution in [2.75, 3.05) is 32.1 Å². The number of nitrogens with one attached hydrogen (secondary N) is 1. The highest BCUT2D eigenvalue weighted by Gasteiger charge is 2.22. The molecule has 0 unspecified atom stereocenters. The van der Waals surface area contributed by atoms with Crippen LogP contribution in [0.25, 0.3) is 0 Å². The molecular formula is C18H16ClFN2O4. The Balaban J connectivity index is 1.66. The van der Waals surface area contributed by atoms with Gasteiger partial charge in [-0.15, -0.1) is 0 Å². The smallest absolute Gasteiger partial charge is 0.254 e. The van der Waals surface area contributed by atoms with Gasteiger partial charge in [0, 0.05) is 18.3 Å². The minimum atomic E-state index is -0.406. The van der Waals surface area contributed by atoms with E-state index in [1.807, 2.05) is 0 Å². The lowest BCUT2D eigenvalue weighted by atomic mass is 10.1. The number of fused-ring (bicyclic) bond motifs is 1. The van der Waals surface area contributed by atoms with Gasteiger partial charge in [0.15, 0.2) is 11.5 Å². The van der Waals surface area contributed by atoms with Gasteiger partial charge in [-0.1, -0.05) is 11.6 Å². The van der Waals surface area contributed by atoms with Crippen molar-refractivity contribution in [2.45, 2.75) is 0 Å². The molecule has 0 aromatic heterocycles. The summed E-state index contributed by atoms with van der Waals surface area (Å²) in [6.07, 6.45) is 0. The van der Waals surface area contributed by atoms with Crippen LogP contribution in [0.2, 0.25) is 5.02 Å². The molecule has 6 nitrogen and oxygen atoms in total. The number of carbonyl (C=O) groups excluding carboxylic acids is 2. The SMILES string of the molecule is CN(CC(=O)Nc1ccc(F)cc1)C(=O)c1cc(Cl)c2c(c1)OCCO2. The van der Waals surface area contributed by atoms with E-state index >= 15 is 0 Å². The highest BCUT2D eigenvalue weighted by molar-refractivity contribution is 6.32. The second-order valence-corrected chi connectivity index (χ2v) is 6.11. The van der Waals surface area contributed by atoms with Crippen molar-refractivity contribution < 1.29 is 23.5 Å². The van der Waals surface area contributed by atoms with E-state index in [0.717, 1.165) is 0 Å². The number of hydrogen-bond acceptors (Lipinski definition) is 4. The molecule has 2 amide bonds. The minimum Gasteiger partial charge on any atom is -0.486 e. The fraction of sp³-hybridized carbons (Fsp3) is 0.222. The van der Waals surface area contributed by atoms with E-state index in [4.69, 9.17) is 21.1 Å². The molecule has 1 aliphatic heterocycles. The van der Waals surface area contributed by atoms with Gasteiger partial charge in [-0.25, -0.2) is 4.39 Å². The van der Waals surface area contributed by atoms with Crippen molar-refractivity contribution >= 4 is 29.1 Å². The van der Waals surface area contributed by atoms with Gasteiger partial charge in [-0.3, -0.25) is 9.59 Å². The molecule has 0 saturated carbocycles. The molecule has 0 saturated heterocycles. The highest BCUT2D eigenvalue weighted by atomic mass is 35.5. The summed E-state index contributed by atoms with van der Waals surface area (Å²) in [6.45, 7) is 0.586. The quantitative estimate of drug-likeness (QED) is 0.888. The first-order chi connectivity index (χ1) is 12.4. The van der Waals surface area contributed by atoms with Gasteiger partial charge in [0.25, 0.3) is 5.91 Å². The number of ether oxygens (including phenoxy) is 2. The molecule has 26 heavy (non-hydrogen) atoms. The number of likely N-dealkylation sites (N-methyl/N-ethyl adjacent to an activating group) is 1. The third-order valence-corrected chi connectivity index (χ3v) is 3.98. The molecule has 8 heteroatoms. The number of hydrogen-bond donors (Lipinski definition) is 1. The number of rotatable bonds is 4. The standard InChI is InChI=1S/C18H16ClFN2O4/c1-22(10-16(23)21-13-4-2-12(20)3-5-13)18(24)11-8-14(19)17-15(9-11)25-6-7-26-17/h2-5,8-9H,6-7,10H2,1H3,(H,21,23). The fourth-order valence-electron chi connectivity index (χ4n) is 2.48. The van der Waals surface area contributed by atoms with Crippen molar-refractivity contribution in [3.05, 3.63) is 52.8 Å². The topological polar surface area (TPSA) is 67.9 Å². The Morgan fingerprint density at radius 1 is 1.19 bits per heavy atom. The lowest BCUT2D eigenvalue weighted by Crippen LogP contribution is -2.35. The Morgan fingerprint density at radius 2 is 1.88 bits per heavy atom. The van der Waals surface area contributed by atoms with Crippen molar-refractivity contribution in [3.63, 3.8) is 0 Å². The van der Waals surface area contributed by atoms with E-state index in [2.05, 4.69) is 5.32 Å². The molecule has 2 aromatic rings. The monoisotopic (exact) mass is 378 g/mol. The van der Waals surface area contributed by atoms with Crippen LogP contribution in [-0.2, 0) is 4.79 Å². The molecular weight excluding hydrogens is 363 g/mol. The van der Waals surface area contributed by atoms with Gasteiger partial charge >= 0.3 is 0 Å². The molecule has 0 atom stereocenters. The molecule has 0 spiro atoms. The zero-order valence-electron chi connectivity index (χ0n) is 13.9. The van der Waals surface area contributed by atoms with Crippen LogP contribution in [0.4, 0.5) is 10.1 Å². The molecule has 3 rings (SSSR count). The first-order valence-electron chi connectivity index (χ1n) is 7.84. The van der Waals surface area contributed by atoms with Crippen LogP contribution in [-0.4, -0.2) is 43.5 Å². The average molecular weight is 379 g/mol. The summed E-state index contributed by atoms with van der Waals surface area (Å²) in [5.41, 5.74) is 0.732. The van der Waals surface area contributed by atoms with E-state index in [9.17, 15) is 14.0 Å². The molecule has 2 aromatic carbocycles. The zero-order valence-corrected chi connectivity index (χ0v) is 14.7. The van der Waals surface area contributed by atoms with Crippen LogP contribution in [0.1, 0.15) is 10.4 Å². The predicted molar refractivity (Wildman–Crippen MR) is 94.4 cm³/mol. The molecule has 1 N–H and O–H groups in total. The van der Waals surface area contributed by atoms with Crippen LogP contribution >= 0.6 is 11.6 Å². The lowest BCUT2D eigenvalue weighted by Gasteiger charge is -2.22. The lowest BCUT2D eigenvalue weighted by molar-refractivity contribution is -0.116. The van der Waals surface area contributed by atoms with Crippen molar-refractivity contribution in [1.29, 1.82) is 0 Å². The first kappa shape index (κ1) is 18.0. The summed E-state index contributed by atoms with van der Waals surface area (Å²) in [6, 6.07) is 8.37. The highest BCUT2D eigenvalue weighted by Crippen LogP contribution is 2.38. The maximum atomic E-state index is 12.9. The van der Waals surface area contributed by atoms with Gasteiger partial charge in [-0.05, 0) is 36.4 Å². The predicted octanol–water partition coefficient (Wildman–Crippen LogP) is 2.96. The first-order valence-corrected chi connectivity index (χ1v) is 8.22. The molecule has 136 valence electrons. The van der Waals surface area contributed by atoms with Crippen LogP contribution in [0, 0.1) is 5.82 Å². The Kier molecular flexibility index (Phi) is 5.27. The van der Waals surface area contributed by atoms with Gasteiger partial charge in [0.1, 0.15) is 19.0 Å². The maximum Gasteiger partial charge on any atom is 0.254 e. The molecule has 0 radical (unpaired) electrons. The summed E-state index contributed by atoms with van der Waals surface area (Å²) >= 11 is 6.14. The zero-order chi connectivity index (χ0) is 18.7. The summed E-state index contributed by atoms with van der Waals surface area (Å²) < 4.78 is 23.8. The average Bonchev–Trinajstić information content (AvgIpc) is 2.63. The number of nitrogens with zero attached hydrogens (tertiary/aromatic N) is 1. The maximum absolute atomic E-state index is 12.9. The summed E-state index contributed by atoms with van der Waals surface area (Å²) in [4.78, 5) is 25.9. The second kappa shape index (κ2) is 7.61. The van der Waals surface area contributed by atoms with Crippen LogP contribution in [0.5, 0.6) is 11.5 Å². The molecule has 0 fully saturated rings. The van der Waals surface area contributed by atoms with Gasteiger partial charge in [0.05, 0.1) is 11.6 Å². The Morgan fingerprint density at radius 3 is 2.62 bits per heavy atom. The Bertz CT molecular complexity index is 842. The molecule has 0 aliphatic carbocycles. The second-order valence-electron chi connectivity index (χ2n) is 5.70. The van der Waals surface area contributed by atoms with Crippen LogP contribution < -0.4 is 14.8 Å². The number of carbonyl (C=O) groups is 2.